The van der Waals surface area contributed by atoms with E-state index in [2.05, 4.69) is 19.9 Å². The first-order chi connectivity index (χ1) is 15.0. The van der Waals surface area contributed by atoms with Crippen molar-refractivity contribution < 1.29 is 22.6 Å². The molecular formula is C18H22ClN5O7S. The van der Waals surface area contributed by atoms with Crippen LogP contribution in [-0.2, 0) is 16.9 Å². The highest BCUT2D eigenvalue weighted by Gasteiger charge is 2.22. The van der Waals surface area contributed by atoms with Crippen molar-refractivity contribution in [1.82, 2.24) is 24.4 Å². The van der Waals surface area contributed by atoms with Crippen LogP contribution in [0.2, 0.25) is 5.02 Å². The minimum atomic E-state index is -4.67. The van der Waals surface area contributed by atoms with Gasteiger partial charge in [0.2, 0.25) is 0 Å². The number of aliphatic hydroxyl groups is 1. The number of hydrogen-bond donors (Lipinski definition) is 4. The number of aromatic amines is 1. The first-order valence-corrected chi connectivity index (χ1v) is 11.5. The van der Waals surface area contributed by atoms with Gasteiger partial charge in [0, 0.05) is 11.6 Å². The van der Waals surface area contributed by atoms with Gasteiger partial charge in [-0.05, 0) is 44.1 Å². The molecule has 0 amide bonds. The fourth-order valence-corrected chi connectivity index (χ4v) is 3.83. The summed E-state index contributed by atoms with van der Waals surface area (Å²) in [6.07, 6.45) is 2.82. The molecule has 3 heterocycles. The van der Waals surface area contributed by atoms with Gasteiger partial charge in [0.25, 0.3) is 5.56 Å². The molecule has 0 bridgehead atoms. The van der Waals surface area contributed by atoms with E-state index in [1.807, 2.05) is 0 Å². The summed E-state index contributed by atoms with van der Waals surface area (Å²) in [7, 11) is -4.67. The maximum atomic E-state index is 12.2. The lowest BCUT2D eigenvalue weighted by Gasteiger charge is -2.29. The Labute approximate surface area is 187 Å². The number of piperidine rings is 1. The zero-order valence-electron chi connectivity index (χ0n) is 16.8. The average Bonchev–Trinajstić information content (AvgIpc) is 2.68. The molecule has 0 saturated carbocycles. The van der Waals surface area contributed by atoms with Crippen molar-refractivity contribution in [1.29, 1.82) is 0 Å². The van der Waals surface area contributed by atoms with E-state index in [4.69, 9.17) is 29.1 Å². The number of nitrogens with one attached hydrogen (secondary N) is 1. The molecule has 12 nitrogen and oxygen atoms in total. The van der Waals surface area contributed by atoms with Crippen molar-refractivity contribution in [3.05, 3.63) is 44.1 Å². The predicted molar refractivity (Wildman–Crippen MR) is 117 cm³/mol. The summed E-state index contributed by atoms with van der Waals surface area (Å²) >= 11 is 6.06. The van der Waals surface area contributed by atoms with Crippen molar-refractivity contribution in [2.75, 3.05) is 19.6 Å². The highest BCUT2D eigenvalue weighted by atomic mass is 35.5. The Morgan fingerprint density at radius 2 is 1.75 bits per heavy atom. The van der Waals surface area contributed by atoms with E-state index in [-0.39, 0.29) is 18.1 Å². The molecule has 1 fully saturated rings. The Kier molecular flexibility index (Phi) is 7.59. The maximum absolute atomic E-state index is 12.2. The lowest BCUT2D eigenvalue weighted by Crippen LogP contribution is -2.38. The number of nitrogens with zero attached hydrogens (tertiary/aromatic N) is 4. The molecule has 0 radical (unpaired) electrons. The Bertz CT molecular complexity index is 1280. The Morgan fingerprint density at radius 3 is 2.41 bits per heavy atom. The van der Waals surface area contributed by atoms with Crippen molar-refractivity contribution in [3.63, 3.8) is 0 Å². The van der Waals surface area contributed by atoms with Crippen LogP contribution in [0.3, 0.4) is 0 Å². The number of aliphatic hydroxyl groups excluding tert-OH is 1. The van der Waals surface area contributed by atoms with Gasteiger partial charge in [0.1, 0.15) is 0 Å². The number of β-amino-alcohol motifs (C(OH)–C–C–N with tert-alkyl or cyclic N) is 1. The molecule has 1 atom stereocenters. The maximum Gasteiger partial charge on any atom is 0.394 e. The summed E-state index contributed by atoms with van der Waals surface area (Å²) in [6, 6.07) is 5.11. The van der Waals surface area contributed by atoms with Crippen LogP contribution in [-0.4, -0.2) is 72.8 Å². The molecule has 1 aromatic carbocycles. The van der Waals surface area contributed by atoms with Crippen LogP contribution >= 0.6 is 11.6 Å². The van der Waals surface area contributed by atoms with Gasteiger partial charge in [-0.2, -0.15) is 13.4 Å². The number of halogens is 1. The van der Waals surface area contributed by atoms with Crippen LogP contribution in [0.5, 0.6) is 0 Å². The van der Waals surface area contributed by atoms with Crippen LogP contribution in [0.4, 0.5) is 0 Å². The molecule has 0 aromatic heterocycles. The van der Waals surface area contributed by atoms with Gasteiger partial charge in [-0.1, -0.05) is 18.0 Å². The molecule has 0 spiro atoms. The van der Waals surface area contributed by atoms with Crippen LogP contribution < -0.4 is 11.2 Å². The Balaban J connectivity index is 0.000000523. The lowest BCUT2D eigenvalue weighted by molar-refractivity contribution is 0.0892. The van der Waals surface area contributed by atoms with Gasteiger partial charge >= 0.3 is 16.1 Å². The molecule has 174 valence electrons. The zero-order chi connectivity index (χ0) is 23.5. The number of benzene rings is 1. The minimum absolute atomic E-state index is 0.0505. The van der Waals surface area contributed by atoms with Gasteiger partial charge in [-0.15, -0.1) is 0 Å². The lowest BCUT2D eigenvalue weighted by atomic mass is 10.1. The van der Waals surface area contributed by atoms with E-state index in [1.54, 1.807) is 22.8 Å². The summed E-state index contributed by atoms with van der Waals surface area (Å²) < 4.78 is 33.3. The second kappa shape index (κ2) is 10.0. The number of fused-ring (bicyclic) bond motifs is 2. The number of rotatable bonds is 4. The number of H-pyrrole nitrogens is 1. The fourth-order valence-electron chi connectivity index (χ4n) is 3.67. The molecule has 3 aliphatic rings. The molecule has 14 heteroatoms. The smallest absolute Gasteiger partial charge is 0.390 e. The van der Waals surface area contributed by atoms with Gasteiger partial charge in [-0.25, -0.2) is 9.78 Å². The number of likely N-dealkylation sites (tertiary alicyclic amines) is 1. The third kappa shape index (κ3) is 6.54. The Morgan fingerprint density at radius 1 is 1.09 bits per heavy atom. The van der Waals surface area contributed by atoms with Crippen LogP contribution in [0, 0.1) is 0 Å². The zero-order valence-corrected chi connectivity index (χ0v) is 18.4. The number of hydrogen-bond acceptors (Lipinski definition) is 8. The second-order valence-electron chi connectivity index (χ2n) is 7.36. The standard InChI is InChI=1S/C18H20ClN5O3.H2O4S/c19-11-4-5-14-13(8-11)20-15-16(21-18(27)22-17(15)26)24(14)10-12(25)9-23-6-2-1-3-7-23;1-5(2,3)4/h4-5,8,12,25H,1-3,6-7,9-10H2,(H,22,26,27);(H2,1,2,3,4). The van der Waals surface area contributed by atoms with Crippen molar-refractivity contribution >= 4 is 33.0 Å². The molecule has 4 rings (SSSR count). The van der Waals surface area contributed by atoms with Crippen LogP contribution in [0.25, 0.3) is 22.6 Å². The third-order valence-corrected chi connectivity index (χ3v) is 5.12. The predicted octanol–water partition coefficient (Wildman–Crippen LogP) is 0.432. The van der Waals surface area contributed by atoms with Crippen molar-refractivity contribution in [2.45, 2.75) is 31.9 Å². The molecule has 32 heavy (non-hydrogen) atoms. The molecule has 1 saturated heterocycles. The molecular weight excluding hydrogens is 466 g/mol. The fraction of sp³-hybridized carbons (Fsp3) is 0.444. The first-order valence-electron chi connectivity index (χ1n) is 9.71. The molecule has 4 N–H and O–H groups in total. The minimum Gasteiger partial charge on any atom is -0.390 e. The topological polar surface area (TPSA) is 179 Å². The van der Waals surface area contributed by atoms with Gasteiger partial charge in [0.15, 0.2) is 11.5 Å². The Hall–Kier alpha value is -2.42. The SMILES string of the molecule is O=S(=O)(O)O.O=c1nc2n(CC(O)CN3CCCCC3)c3ccc(Cl)cc3nc-2c(=O)[nH]1. The van der Waals surface area contributed by atoms with E-state index >= 15 is 0 Å². The van der Waals surface area contributed by atoms with Crippen LogP contribution in [0.15, 0.2) is 27.8 Å². The van der Waals surface area contributed by atoms with Gasteiger partial charge < -0.3 is 14.6 Å². The highest BCUT2D eigenvalue weighted by molar-refractivity contribution is 7.79. The summed E-state index contributed by atoms with van der Waals surface area (Å²) in [5, 5.41) is 11.2. The van der Waals surface area contributed by atoms with E-state index < -0.39 is 27.8 Å². The normalized spacial score (nSPS) is 16.0. The van der Waals surface area contributed by atoms with E-state index in [1.165, 1.54) is 6.42 Å². The monoisotopic (exact) mass is 487 g/mol. The van der Waals surface area contributed by atoms with E-state index in [9.17, 15) is 14.7 Å². The van der Waals surface area contributed by atoms with Gasteiger partial charge in [-0.3, -0.25) is 18.9 Å². The largest absolute Gasteiger partial charge is 0.394 e. The van der Waals surface area contributed by atoms with Gasteiger partial charge in [0.05, 0.1) is 23.7 Å². The van der Waals surface area contributed by atoms with Crippen LogP contribution in [0.1, 0.15) is 19.3 Å². The number of aromatic nitrogens is 4. The molecule has 0 aliphatic carbocycles. The summed E-state index contributed by atoms with van der Waals surface area (Å²) in [6.45, 7) is 2.67. The van der Waals surface area contributed by atoms with E-state index in [0.29, 0.717) is 22.6 Å². The first kappa shape index (κ1) is 24.2. The highest BCUT2D eigenvalue weighted by Crippen LogP contribution is 2.24. The molecule has 1 unspecified atom stereocenters. The second-order valence-corrected chi connectivity index (χ2v) is 8.69. The van der Waals surface area contributed by atoms with Crippen molar-refractivity contribution in [2.24, 2.45) is 0 Å². The third-order valence-electron chi connectivity index (χ3n) is 4.88. The average molecular weight is 488 g/mol. The summed E-state index contributed by atoms with van der Waals surface area (Å²) in [5.41, 5.74) is -0.129. The molecule has 1 aromatic rings. The summed E-state index contributed by atoms with van der Waals surface area (Å²) in [5.74, 6) is 0.163. The van der Waals surface area contributed by atoms with Crippen molar-refractivity contribution in [3.8, 4) is 11.5 Å². The molecule has 3 aliphatic heterocycles. The quantitative estimate of drug-likeness (QED) is 0.298. The van der Waals surface area contributed by atoms with E-state index in [0.717, 1.165) is 25.9 Å². The summed E-state index contributed by atoms with van der Waals surface area (Å²) in [4.78, 5) is 36.6.